The third-order valence-corrected chi connectivity index (χ3v) is 4.33. The lowest BCUT2D eigenvalue weighted by Crippen LogP contribution is -1.86. The Morgan fingerprint density at radius 1 is 1.05 bits per heavy atom. The fourth-order valence-corrected chi connectivity index (χ4v) is 3.21. The van der Waals surface area contributed by atoms with Crippen molar-refractivity contribution in [2.75, 3.05) is 0 Å². The van der Waals surface area contributed by atoms with Crippen LogP contribution in [-0.2, 0) is 0 Å². The van der Waals surface area contributed by atoms with Gasteiger partial charge in [-0.25, -0.2) is 0 Å². The highest BCUT2D eigenvalue weighted by molar-refractivity contribution is 6.38. The molecule has 3 aromatic rings. The third-order valence-electron chi connectivity index (χ3n) is 3.47. The topological polar surface area (TPSA) is 32.9 Å². The molecule has 0 fully saturated rings. The molecule has 0 amide bonds. The van der Waals surface area contributed by atoms with Crippen LogP contribution in [0.5, 0.6) is 0 Å². The molecule has 1 N–H and O–H groups in total. The number of nitrogens with one attached hydrogen (secondary N) is 1. The van der Waals surface area contributed by atoms with Gasteiger partial charge in [0.15, 0.2) is 6.29 Å². The molecule has 1 aromatic heterocycles. The summed E-state index contributed by atoms with van der Waals surface area (Å²) in [7, 11) is 0. The minimum Gasteiger partial charge on any atom is -0.354 e. The second-order valence-electron chi connectivity index (χ2n) is 4.77. The molecule has 0 saturated heterocycles. The van der Waals surface area contributed by atoms with Crippen molar-refractivity contribution < 1.29 is 4.79 Å². The molecule has 21 heavy (non-hydrogen) atoms. The van der Waals surface area contributed by atoms with E-state index in [9.17, 15) is 4.79 Å². The van der Waals surface area contributed by atoms with E-state index >= 15 is 0 Å². The molecule has 0 radical (unpaired) electrons. The van der Waals surface area contributed by atoms with Gasteiger partial charge in [0.05, 0.1) is 21.3 Å². The monoisotopic (exact) mass is 337 g/mol. The van der Waals surface area contributed by atoms with E-state index in [0.717, 1.165) is 22.9 Å². The van der Waals surface area contributed by atoms with Gasteiger partial charge in [0, 0.05) is 21.5 Å². The molecule has 0 aliphatic rings. The average Bonchev–Trinajstić information content (AvgIpc) is 2.83. The molecule has 2 aromatic carbocycles. The molecule has 0 atom stereocenters. The number of aldehydes is 1. The number of rotatable bonds is 2. The summed E-state index contributed by atoms with van der Waals surface area (Å²) in [6.07, 6.45) is 0.796. The van der Waals surface area contributed by atoms with Crippen LogP contribution >= 0.6 is 34.8 Å². The van der Waals surface area contributed by atoms with Crippen molar-refractivity contribution in [1.29, 1.82) is 0 Å². The summed E-state index contributed by atoms with van der Waals surface area (Å²) in [6, 6.07) is 8.85. The van der Waals surface area contributed by atoms with E-state index in [0.29, 0.717) is 31.7 Å². The van der Waals surface area contributed by atoms with E-state index in [1.165, 1.54) is 0 Å². The first kappa shape index (κ1) is 14.5. The van der Waals surface area contributed by atoms with Gasteiger partial charge in [-0.15, -0.1) is 0 Å². The van der Waals surface area contributed by atoms with Crippen LogP contribution in [0.15, 0.2) is 30.3 Å². The maximum atomic E-state index is 11.6. The Morgan fingerprint density at radius 3 is 2.48 bits per heavy atom. The normalized spacial score (nSPS) is 11.0. The zero-order valence-corrected chi connectivity index (χ0v) is 13.3. The van der Waals surface area contributed by atoms with Gasteiger partial charge in [0.2, 0.25) is 0 Å². The number of fused-ring (bicyclic) bond motifs is 1. The lowest BCUT2D eigenvalue weighted by molar-refractivity contribution is 0.112. The number of H-pyrrole nitrogens is 1. The summed E-state index contributed by atoms with van der Waals surface area (Å²) < 4.78 is 0. The van der Waals surface area contributed by atoms with Crippen LogP contribution in [0.25, 0.3) is 22.2 Å². The zero-order valence-electron chi connectivity index (χ0n) is 11.0. The van der Waals surface area contributed by atoms with Gasteiger partial charge >= 0.3 is 0 Å². The number of halogens is 3. The molecule has 1 heterocycles. The van der Waals surface area contributed by atoms with Crippen molar-refractivity contribution in [3.63, 3.8) is 0 Å². The molecule has 5 heteroatoms. The molecule has 2 nitrogen and oxygen atoms in total. The molecule has 0 saturated carbocycles. The number of aromatic nitrogens is 1. The second-order valence-corrected chi connectivity index (χ2v) is 6.02. The number of hydrogen-bond donors (Lipinski definition) is 1. The van der Waals surface area contributed by atoms with E-state index < -0.39 is 0 Å². The van der Waals surface area contributed by atoms with Gasteiger partial charge in [-0.2, -0.15) is 0 Å². The Balaban J connectivity index is 2.40. The Morgan fingerprint density at radius 2 is 1.81 bits per heavy atom. The molecule has 0 bridgehead atoms. The minimum atomic E-state index is 0.478. The van der Waals surface area contributed by atoms with Crippen molar-refractivity contribution in [1.82, 2.24) is 4.98 Å². The lowest BCUT2D eigenvalue weighted by atomic mass is 10.1. The highest BCUT2D eigenvalue weighted by Gasteiger charge is 2.18. The fourth-order valence-electron chi connectivity index (χ4n) is 2.45. The third kappa shape index (κ3) is 2.34. The van der Waals surface area contributed by atoms with E-state index in [-0.39, 0.29) is 0 Å². The van der Waals surface area contributed by atoms with Crippen LogP contribution in [0.1, 0.15) is 15.9 Å². The zero-order chi connectivity index (χ0) is 15.1. The van der Waals surface area contributed by atoms with Crippen molar-refractivity contribution in [2.24, 2.45) is 0 Å². The Labute approximate surface area is 136 Å². The van der Waals surface area contributed by atoms with Gasteiger partial charge in [-0.3, -0.25) is 4.79 Å². The number of benzene rings is 2. The van der Waals surface area contributed by atoms with Gasteiger partial charge in [0.1, 0.15) is 0 Å². The highest BCUT2D eigenvalue weighted by Crippen LogP contribution is 2.38. The summed E-state index contributed by atoms with van der Waals surface area (Å²) in [5, 5.41) is 2.27. The van der Waals surface area contributed by atoms with Crippen LogP contribution in [0.4, 0.5) is 0 Å². The Bertz CT molecular complexity index is 868. The van der Waals surface area contributed by atoms with E-state index in [2.05, 4.69) is 4.98 Å². The van der Waals surface area contributed by atoms with Gasteiger partial charge in [-0.05, 0) is 36.8 Å². The first-order valence-electron chi connectivity index (χ1n) is 6.24. The minimum absolute atomic E-state index is 0.478. The highest BCUT2D eigenvalue weighted by atomic mass is 35.5. The Kier molecular flexibility index (Phi) is 3.70. The Hall–Kier alpha value is -1.48. The van der Waals surface area contributed by atoms with Crippen LogP contribution in [0.3, 0.4) is 0 Å². The SMILES string of the molecule is Cc1ccc(Cl)c2c(C=O)c(-c3ccc(Cl)cc3Cl)[nH]c12. The molecule has 0 unspecified atom stereocenters. The smallest absolute Gasteiger partial charge is 0.152 e. The fraction of sp³-hybridized carbons (Fsp3) is 0.0625. The number of aromatic amines is 1. The number of aryl methyl sites for hydroxylation is 1. The van der Waals surface area contributed by atoms with Crippen molar-refractivity contribution in [3.05, 3.63) is 56.5 Å². The summed E-state index contributed by atoms with van der Waals surface area (Å²) >= 11 is 18.4. The molecular formula is C16H10Cl3NO. The van der Waals surface area contributed by atoms with E-state index in [1.807, 2.05) is 13.0 Å². The van der Waals surface area contributed by atoms with Gasteiger partial charge in [-0.1, -0.05) is 40.9 Å². The molecule has 0 aliphatic carbocycles. The van der Waals surface area contributed by atoms with Gasteiger partial charge in [0.25, 0.3) is 0 Å². The molecule has 3 rings (SSSR count). The number of carbonyl (C=O) groups excluding carboxylic acids is 1. The van der Waals surface area contributed by atoms with Crippen LogP contribution in [0, 0.1) is 6.92 Å². The molecule has 0 aliphatic heterocycles. The maximum Gasteiger partial charge on any atom is 0.152 e. The summed E-state index contributed by atoms with van der Waals surface area (Å²) in [6.45, 7) is 1.96. The predicted octanol–water partition coefficient (Wildman–Crippen LogP) is 5.92. The van der Waals surface area contributed by atoms with Crippen molar-refractivity contribution in [3.8, 4) is 11.3 Å². The van der Waals surface area contributed by atoms with E-state index in [4.69, 9.17) is 34.8 Å². The van der Waals surface area contributed by atoms with Crippen LogP contribution in [-0.4, -0.2) is 11.3 Å². The number of carbonyl (C=O) groups is 1. The quantitative estimate of drug-likeness (QED) is 0.578. The second kappa shape index (κ2) is 5.38. The van der Waals surface area contributed by atoms with Crippen LogP contribution in [0.2, 0.25) is 15.1 Å². The summed E-state index contributed by atoms with van der Waals surface area (Å²) in [5.41, 5.74) is 3.72. The maximum absolute atomic E-state index is 11.6. The van der Waals surface area contributed by atoms with Gasteiger partial charge < -0.3 is 4.98 Å². The molecule has 0 spiro atoms. The lowest BCUT2D eigenvalue weighted by Gasteiger charge is -2.03. The molecular weight excluding hydrogens is 329 g/mol. The first-order valence-corrected chi connectivity index (χ1v) is 7.37. The summed E-state index contributed by atoms with van der Waals surface area (Å²) in [4.78, 5) is 14.8. The standard InChI is InChI=1S/C16H10Cl3NO/c1-8-2-5-12(18)14-11(7-21)16(20-15(8)14)10-4-3-9(17)6-13(10)19/h2-7,20H,1H3. The van der Waals surface area contributed by atoms with E-state index in [1.54, 1.807) is 24.3 Å². The molecule has 106 valence electrons. The number of hydrogen-bond acceptors (Lipinski definition) is 1. The predicted molar refractivity (Wildman–Crippen MR) is 88.9 cm³/mol. The summed E-state index contributed by atoms with van der Waals surface area (Å²) in [5.74, 6) is 0. The first-order chi connectivity index (χ1) is 10.0. The largest absolute Gasteiger partial charge is 0.354 e. The van der Waals surface area contributed by atoms with Crippen molar-refractivity contribution >= 4 is 52.0 Å². The van der Waals surface area contributed by atoms with Crippen molar-refractivity contribution in [2.45, 2.75) is 6.92 Å². The van der Waals surface area contributed by atoms with Crippen LogP contribution < -0.4 is 0 Å². The average molecular weight is 339 g/mol.